The van der Waals surface area contributed by atoms with Crippen molar-refractivity contribution in [1.82, 2.24) is 10.2 Å². The van der Waals surface area contributed by atoms with Gasteiger partial charge < -0.3 is 16.0 Å². The molecule has 148 valence electrons. The van der Waals surface area contributed by atoms with Gasteiger partial charge in [-0.25, -0.2) is 0 Å². The summed E-state index contributed by atoms with van der Waals surface area (Å²) in [6, 6.07) is 7.52. The molecule has 5 nitrogen and oxygen atoms in total. The van der Waals surface area contributed by atoms with Gasteiger partial charge in [0.2, 0.25) is 5.91 Å². The third kappa shape index (κ3) is 4.49. The summed E-state index contributed by atoms with van der Waals surface area (Å²) in [7, 11) is 0. The van der Waals surface area contributed by atoms with Crippen LogP contribution in [0.15, 0.2) is 24.3 Å². The Labute approximate surface area is 166 Å². The molecule has 1 saturated carbocycles. The zero-order chi connectivity index (χ0) is 19.6. The number of thioether (sulfide) groups is 1. The molecule has 3 atom stereocenters. The van der Waals surface area contributed by atoms with E-state index in [1.54, 1.807) is 16.7 Å². The van der Waals surface area contributed by atoms with Gasteiger partial charge in [-0.3, -0.25) is 9.59 Å². The summed E-state index contributed by atoms with van der Waals surface area (Å²) in [5, 5.41) is 3.16. The summed E-state index contributed by atoms with van der Waals surface area (Å²) >= 11 is 1.63. The average molecular weight is 390 g/mol. The average Bonchev–Trinajstić information content (AvgIpc) is 3.29. The van der Waals surface area contributed by atoms with Crippen LogP contribution in [0.5, 0.6) is 0 Å². The molecule has 3 unspecified atom stereocenters. The highest BCUT2D eigenvalue weighted by atomic mass is 32.2. The van der Waals surface area contributed by atoms with Crippen LogP contribution in [0.3, 0.4) is 0 Å². The Balaban J connectivity index is 1.68. The number of nitrogens with two attached hydrogens (primary N) is 1. The first-order valence-electron chi connectivity index (χ1n) is 9.81. The van der Waals surface area contributed by atoms with E-state index < -0.39 is 6.04 Å². The Morgan fingerprint density at radius 2 is 1.93 bits per heavy atom. The van der Waals surface area contributed by atoms with Gasteiger partial charge in [-0.05, 0) is 48.4 Å². The number of amides is 2. The molecule has 2 fully saturated rings. The van der Waals surface area contributed by atoms with Crippen LogP contribution < -0.4 is 11.1 Å². The number of nitrogens with zero attached hydrogens (tertiary/aromatic N) is 1. The fourth-order valence-corrected chi connectivity index (χ4v) is 5.08. The number of nitrogens with one attached hydrogen (secondary N) is 1. The Bertz CT molecular complexity index is 684. The maximum atomic E-state index is 13.0. The molecule has 2 amide bonds. The predicted octanol–water partition coefficient (Wildman–Crippen LogP) is 2.74. The smallest absolute Gasteiger partial charge is 0.255 e. The molecule has 3 N–H and O–H groups in total. The highest BCUT2D eigenvalue weighted by Gasteiger charge is 2.37. The van der Waals surface area contributed by atoms with Gasteiger partial charge in [-0.15, -0.1) is 11.8 Å². The molecular weight excluding hydrogens is 358 g/mol. The second-order valence-corrected chi connectivity index (χ2v) is 9.66. The second-order valence-electron chi connectivity index (χ2n) is 8.66. The number of rotatable bonds is 4. The standard InChI is InChI=1S/C21H31N3O2S/c1-21(2,3)16-9-7-14(8-10-16)20(26)24-13-27-12-18(24)19(25)23-17-6-4-5-15(17)11-22/h7-10,15,17-18H,4-6,11-13,22H2,1-3H3,(H,23,25). The van der Waals surface area contributed by atoms with Crippen molar-refractivity contribution in [2.75, 3.05) is 18.2 Å². The lowest BCUT2D eigenvalue weighted by Crippen LogP contribution is -2.51. The maximum Gasteiger partial charge on any atom is 0.255 e. The van der Waals surface area contributed by atoms with Crippen LogP contribution in [0.25, 0.3) is 0 Å². The van der Waals surface area contributed by atoms with Gasteiger partial charge in [0.1, 0.15) is 6.04 Å². The van der Waals surface area contributed by atoms with Gasteiger partial charge >= 0.3 is 0 Å². The minimum absolute atomic E-state index is 0.0370. The topological polar surface area (TPSA) is 75.4 Å². The summed E-state index contributed by atoms with van der Waals surface area (Å²) in [5.41, 5.74) is 7.71. The summed E-state index contributed by atoms with van der Waals surface area (Å²) < 4.78 is 0. The van der Waals surface area contributed by atoms with Gasteiger partial charge in [0.15, 0.2) is 0 Å². The summed E-state index contributed by atoms with van der Waals surface area (Å²) in [6.45, 7) is 7.06. The Morgan fingerprint density at radius 3 is 2.56 bits per heavy atom. The number of carbonyl (C=O) groups is 2. The second kappa shape index (κ2) is 8.23. The fourth-order valence-electron chi connectivity index (χ4n) is 3.93. The van der Waals surface area contributed by atoms with Crippen molar-refractivity contribution in [2.45, 2.75) is 57.5 Å². The summed E-state index contributed by atoms with van der Waals surface area (Å²) in [4.78, 5) is 27.5. The first-order valence-corrected chi connectivity index (χ1v) is 11.0. The molecule has 6 heteroatoms. The van der Waals surface area contributed by atoms with Crippen molar-refractivity contribution in [1.29, 1.82) is 0 Å². The van der Waals surface area contributed by atoms with Crippen molar-refractivity contribution in [3.8, 4) is 0 Å². The zero-order valence-electron chi connectivity index (χ0n) is 16.5. The molecule has 1 aromatic carbocycles. The predicted molar refractivity (Wildman–Crippen MR) is 111 cm³/mol. The van der Waals surface area contributed by atoms with Crippen molar-refractivity contribution >= 4 is 23.6 Å². The summed E-state index contributed by atoms with van der Waals surface area (Å²) in [6.07, 6.45) is 3.16. The van der Waals surface area contributed by atoms with Gasteiger partial charge in [0.25, 0.3) is 5.91 Å². The molecule has 0 bridgehead atoms. The van der Waals surface area contributed by atoms with Gasteiger partial charge in [-0.2, -0.15) is 0 Å². The third-order valence-corrected chi connectivity index (χ3v) is 6.75. The van der Waals surface area contributed by atoms with Gasteiger partial charge in [0.05, 0.1) is 5.88 Å². The van der Waals surface area contributed by atoms with Crippen molar-refractivity contribution in [3.05, 3.63) is 35.4 Å². The van der Waals surface area contributed by atoms with Crippen LogP contribution in [0, 0.1) is 5.92 Å². The Kier molecular flexibility index (Phi) is 6.16. The highest BCUT2D eigenvalue weighted by Crippen LogP contribution is 2.28. The van der Waals surface area contributed by atoms with Crippen molar-refractivity contribution in [3.63, 3.8) is 0 Å². The van der Waals surface area contributed by atoms with E-state index in [0.29, 0.717) is 29.7 Å². The fraction of sp³-hybridized carbons (Fsp3) is 0.619. The molecular formula is C21H31N3O2S. The minimum atomic E-state index is -0.399. The van der Waals surface area contributed by atoms with Gasteiger partial charge in [-0.1, -0.05) is 39.3 Å². The van der Waals surface area contributed by atoms with E-state index in [-0.39, 0.29) is 23.3 Å². The van der Waals surface area contributed by atoms with E-state index in [1.807, 2.05) is 24.3 Å². The third-order valence-electron chi connectivity index (χ3n) is 5.73. The molecule has 0 aromatic heterocycles. The van der Waals surface area contributed by atoms with Crippen LogP contribution in [-0.2, 0) is 10.2 Å². The van der Waals surface area contributed by atoms with E-state index in [1.165, 1.54) is 5.56 Å². The molecule has 1 aliphatic carbocycles. The number of hydrogen-bond acceptors (Lipinski definition) is 4. The van der Waals surface area contributed by atoms with Crippen LogP contribution in [0.4, 0.5) is 0 Å². The summed E-state index contributed by atoms with van der Waals surface area (Å²) in [5.74, 6) is 1.46. The van der Waals surface area contributed by atoms with E-state index in [0.717, 1.165) is 19.3 Å². The van der Waals surface area contributed by atoms with E-state index in [4.69, 9.17) is 5.73 Å². The molecule has 1 aromatic rings. The number of hydrogen-bond donors (Lipinski definition) is 2. The molecule has 1 saturated heterocycles. The number of carbonyl (C=O) groups excluding carboxylic acids is 2. The molecule has 1 heterocycles. The first kappa shape index (κ1) is 20.2. The Hall–Kier alpha value is -1.53. The monoisotopic (exact) mass is 389 g/mol. The van der Waals surface area contributed by atoms with Crippen LogP contribution >= 0.6 is 11.8 Å². The zero-order valence-corrected chi connectivity index (χ0v) is 17.3. The SMILES string of the molecule is CC(C)(C)c1ccc(C(=O)N2CSCC2C(=O)NC2CCCC2CN)cc1. The number of benzene rings is 1. The largest absolute Gasteiger partial charge is 0.351 e. The van der Waals surface area contributed by atoms with E-state index >= 15 is 0 Å². The lowest BCUT2D eigenvalue weighted by Gasteiger charge is -2.27. The van der Waals surface area contributed by atoms with E-state index in [2.05, 4.69) is 26.1 Å². The molecule has 1 aliphatic heterocycles. The van der Waals surface area contributed by atoms with Crippen LogP contribution in [0.2, 0.25) is 0 Å². The highest BCUT2D eigenvalue weighted by molar-refractivity contribution is 7.99. The lowest BCUT2D eigenvalue weighted by atomic mass is 9.86. The van der Waals surface area contributed by atoms with Gasteiger partial charge in [0, 0.05) is 17.4 Å². The quantitative estimate of drug-likeness (QED) is 0.830. The Morgan fingerprint density at radius 1 is 1.22 bits per heavy atom. The minimum Gasteiger partial charge on any atom is -0.351 e. The normalized spacial score (nSPS) is 25.6. The molecule has 0 spiro atoms. The van der Waals surface area contributed by atoms with Crippen molar-refractivity contribution < 1.29 is 9.59 Å². The van der Waals surface area contributed by atoms with Crippen molar-refractivity contribution in [2.24, 2.45) is 11.7 Å². The first-order chi connectivity index (χ1) is 12.8. The molecule has 2 aliphatic rings. The van der Waals surface area contributed by atoms with Crippen LogP contribution in [-0.4, -0.2) is 47.0 Å². The van der Waals surface area contributed by atoms with Crippen LogP contribution in [0.1, 0.15) is 56.0 Å². The molecule has 27 heavy (non-hydrogen) atoms. The van der Waals surface area contributed by atoms with E-state index in [9.17, 15) is 9.59 Å². The maximum absolute atomic E-state index is 13.0. The molecule has 3 rings (SSSR count). The lowest BCUT2D eigenvalue weighted by molar-refractivity contribution is -0.125. The molecule has 0 radical (unpaired) electrons.